The van der Waals surface area contributed by atoms with Crippen molar-refractivity contribution in [3.63, 3.8) is 0 Å². The molecule has 6 heteroatoms. The molecular formula is C9H12N2O4. The lowest BCUT2D eigenvalue weighted by Gasteiger charge is -2.10. The van der Waals surface area contributed by atoms with Gasteiger partial charge in [-0.25, -0.2) is 4.79 Å². The second-order valence-electron chi connectivity index (χ2n) is 3.10. The summed E-state index contributed by atoms with van der Waals surface area (Å²) in [5.74, 6) is 0.976. The lowest BCUT2D eigenvalue weighted by atomic mass is 10.1. The average molecular weight is 212 g/mol. The van der Waals surface area contributed by atoms with Crippen LogP contribution in [0.4, 0.5) is 4.79 Å². The number of carbonyl (C=O) groups is 1. The molecule has 0 atom stereocenters. The Morgan fingerprint density at radius 2 is 2.53 bits per heavy atom. The van der Waals surface area contributed by atoms with Gasteiger partial charge in [0.25, 0.3) is 5.88 Å². The number of nitrogens with one attached hydrogen (secondary N) is 1. The Bertz CT molecular complexity index is 361. The first-order chi connectivity index (χ1) is 7.31. The molecule has 0 saturated heterocycles. The summed E-state index contributed by atoms with van der Waals surface area (Å²) in [6.45, 7) is 3.44. The second-order valence-corrected chi connectivity index (χ2v) is 3.10. The van der Waals surface area contributed by atoms with Gasteiger partial charge in [-0.3, -0.25) is 0 Å². The third-order valence-electron chi connectivity index (χ3n) is 2.11. The van der Waals surface area contributed by atoms with Crippen molar-refractivity contribution in [2.45, 2.75) is 19.9 Å². The fraction of sp³-hybridized carbons (Fsp3) is 0.556. The van der Waals surface area contributed by atoms with Gasteiger partial charge < -0.3 is 19.3 Å². The lowest BCUT2D eigenvalue weighted by molar-refractivity contribution is 0.101. The number of aromatic nitrogens is 1. The lowest BCUT2D eigenvalue weighted by Crippen LogP contribution is -2.23. The van der Waals surface area contributed by atoms with Crippen molar-refractivity contribution in [1.29, 1.82) is 0 Å². The molecule has 82 valence electrons. The minimum absolute atomic E-state index is 0.204. The van der Waals surface area contributed by atoms with Crippen LogP contribution >= 0.6 is 0 Å². The molecule has 0 bridgehead atoms. The van der Waals surface area contributed by atoms with Crippen molar-refractivity contribution in [3.05, 3.63) is 11.3 Å². The third kappa shape index (κ3) is 2.10. The van der Waals surface area contributed by atoms with E-state index in [0.717, 1.165) is 24.3 Å². The molecule has 1 aliphatic rings. The Hall–Kier alpha value is -1.56. The van der Waals surface area contributed by atoms with Crippen molar-refractivity contribution >= 4 is 6.16 Å². The largest absolute Gasteiger partial charge is 0.515 e. The van der Waals surface area contributed by atoms with Crippen LogP contribution in [0.5, 0.6) is 5.88 Å². The molecule has 1 aromatic heterocycles. The average Bonchev–Trinajstić information content (AvgIpc) is 2.62. The molecule has 0 aliphatic carbocycles. The van der Waals surface area contributed by atoms with E-state index in [-0.39, 0.29) is 12.5 Å². The van der Waals surface area contributed by atoms with Gasteiger partial charge in [-0.05, 0) is 12.1 Å². The smallest absolute Gasteiger partial charge is 0.434 e. The van der Waals surface area contributed by atoms with Crippen LogP contribution in [0.15, 0.2) is 4.52 Å². The minimum Gasteiger partial charge on any atom is -0.434 e. The van der Waals surface area contributed by atoms with Crippen LogP contribution < -0.4 is 10.1 Å². The van der Waals surface area contributed by atoms with E-state index in [0.29, 0.717) is 6.54 Å². The van der Waals surface area contributed by atoms with Gasteiger partial charge in [0, 0.05) is 19.5 Å². The summed E-state index contributed by atoms with van der Waals surface area (Å²) in [6, 6.07) is 0. The number of nitrogens with zero attached hydrogens (tertiary/aromatic N) is 1. The first kappa shape index (κ1) is 9.97. The summed E-state index contributed by atoms with van der Waals surface area (Å²) in [5.41, 5.74) is 0.800. The van der Waals surface area contributed by atoms with Crippen LogP contribution in [0.1, 0.15) is 18.2 Å². The van der Waals surface area contributed by atoms with Crippen molar-refractivity contribution in [1.82, 2.24) is 10.5 Å². The second kappa shape index (κ2) is 4.31. The van der Waals surface area contributed by atoms with Crippen LogP contribution in [0.3, 0.4) is 0 Å². The van der Waals surface area contributed by atoms with Gasteiger partial charge in [-0.1, -0.05) is 0 Å². The van der Waals surface area contributed by atoms with Gasteiger partial charge in [0.2, 0.25) is 0 Å². The van der Waals surface area contributed by atoms with Gasteiger partial charge in [0.15, 0.2) is 0 Å². The maximum absolute atomic E-state index is 11.0. The van der Waals surface area contributed by atoms with E-state index in [1.54, 1.807) is 6.92 Å². The highest BCUT2D eigenvalue weighted by Crippen LogP contribution is 2.24. The molecule has 0 spiro atoms. The molecule has 0 amide bonds. The number of hydrogen-bond donors (Lipinski definition) is 1. The third-order valence-corrected chi connectivity index (χ3v) is 2.11. The Morgan fingerprint density at radius 3 is 3.33 bits per heavy atom. The molecule has 6 nitrogen and oxygen atoms in total. The van der Waals surface area contributed by atoms with E-state index < -0.39 is 6.16 Å². The SMILES string of the molecule is CCOC(=O)Oc1noc2c1CNCC2. The Labute approximate surface area is 86.5 Å². The predicted octanol–water partition coefficient (Wildman–Crippen LogP) is 0.856. The van der Waals surface area contributed by atoms with Crippen molar-refractivity contribution in [2.24, 2.45) is 0 Å². The molecule has 0 saturated carbocycles. The molecule has 0 unspecified atom stereocenters. The number of fused-ring (bicyclic) bond motifs is 1. The van der Waals surface area contributed by atoms with E-state index >= 15 is 0 Å². The maximum Gasteiger partial charge on any atom is 0.515 e. The normalized spacial score (nSPS) is 14.5. The Morgan fingerprint density at radius 1 is 1.67 bits per heavy atom. The van der Waals surface area contributed by atoms with E-state index in [4.69, 9.17) is 9.26 Å². The van der Waals surface area contributed by atoms with Gasteiger partial charge in [-0.15, -0.1) is 0 Å². The monoisotopic (exact) mass is 212 g/mol. The van der Waals surface area contributed by atoms with Crippen LogP contribution in [-0.4, -0.2) is 24.5 Å². The number of carbonyl (C=O) groups excluding carboxylic acids is 1. The summed E-state index contributed by atoms with van der Waals surface area (Å²) in [6.07, 6.45) is 0.00769. The van der Waals surface area contributed by atoms with Gasteiger partial charge in [0.05, 0.1) is 12.2 Å². The van der Waals surface area contributed by atoms with Crippen LogP contribution in [0, 0.1) is 0 Å². The van der Waals surface area contributed by atoms with Gasteiger partial charge >= 0.3 is 6.16 Å². The zero-order valence-electron chi connectivity index (χ0n) is 8.41. The molecule has 15 heavy (non-hydrogen) atoms. The maximum atomic E-state index is 11.0. The van der Waals surface area contributed by atoms with Crippen LogP contribution in [0.25, 0.3) is 0 Å². The number of ether oxygens (including phenoxy) is 2. The zero-order valence-corrected chi connectivity index (χ0v) is 8.41. The fourth-order valence-electron chi connectivity index (χ4n) is 1.42. The topological polar surface area (TPSA) is 73.6 Å². The van der Waals surface area contributed by atoms with Crippen molar-refractivity contribution in [3.8, 4) is 5.88 Å². The van der Waals surface area contributed by atoms with E-state index in [1.807, 2.05) is 0 Å². The summed E-state index contributed by atoms with van der Waals surface area (Å²) >= 11 is 0. The highest BCUT2D eigenvalue weighted by atomic mass is 16.7. The van der Waals surface area contributed by atoms with Crippen LogP contribution in [0.2, 0.25) is 0 Å². The molecule has 2 heterocycles. The molecule has 1 aliphatic heterocycles. The summed E-state index contributed by atoms with van der Waals surface area (Å²) in [5, 5.41) is 6.82. The fourth-order valence-corrected chi connectivity index (χ4v) is 1.42. The highest BCUT2D eigenvalue weighted by molar-refractivity contribution is 5.63. The zero-order chi connectivity index (χ0) is 10.7. The molecule has 0 aromatic carbocycles. The first-order valence-corrected chi connectivity index (χ1v) is 4.84. The summed E-state index contributed by atoms with van der Waals surface area (Å²) in [4.78, 5) is 11.0. The molecular weight excluding hydrogens is 200 g/mol. The highest BCUT2D eigenvalue weighted by Gasteiger charge is 2.22. The van der Waals surface area contributed by atoms with Crippen LogP contribution in [-0.2, 0) is 17.7 Å². The molecule has 1 N–H and O–H groups in total. The van der Waals surface area contributed by atoms with E-state index in [9.17, 15) is 4.79 Å². The summed E-state index contributed by atoms with van der Waals surface area (Å²) < 4.78 is 14.6. The van der Waals surface area contributed by atoms with Crippen molar-refractivity contribution < 1.29 is 18.8 Å². The number of hydrogen-bond acceptors (Lipinski definition) is 6. The molecule has 2 rings (SSSR count). The molecule has 0 fully saturated rings. The molecule has 1 aromatic rings. The Kier molecular flexibility index (Phi) is 2.86. The Balaban J connectivity index is 2.08. The van der Waals surface area contributed by atoms with Crippen molar-refractivity contribution in [2.75, 3.05) is 13.2 Å². The minimum atomic E-state index is -0.751. The number of rotatable bonds is 2. The van der Waals surface area contributed by atoms with Gasteiger partial charge in [-0.2, -0.15) is 0 Å². The van der Waals surface area contributed by atoms with Gasteiger partial charge in [0.1, 0.15) is 5.76 Å². The molecule has 0 radical (unpaired) electrons. The quantitative estimate of drug-likeness (QED) is 0.733. The van der Waals surface area contributed by atoms with E-state index in [1.165, 1.54) is 0 Å². The van der Waals surface area contributed by atoms with E-state index in [2.05, 4.69) is 15.2 Å². The first-order valence-electron chi connectivity index (χ1n) is 4.84. The summed E-state index contributed by atoms with van der Waals surface area (Å²) in [7, 11) is 0. The predicted molar refractivity (Wildman–Crippen MR) is 49.6 cm³/mol. The standard InChI is InChI=1S/C9H12N2O4/c1-2-13-9(12)14-8-6-5-10-4-3-7(6)15-11-8/h10H,2-5H2,1H3.